The molecule has 0 aliphatic heterocycles. The van der Waals surface area contributed by atoms with Gasteiger partial charge in [0, 0.05) is 12.6 Å². The first-order valence-electron chi connectivity index (χ1n) is 5.95. The van der Waals surface area contributed by atoms with Crippen molar-refractivity contribution in [3.63, 3.8) is 0 Å². The van der Waals surface area contributed by atoms with E-state index in [9.17, 15) is 17.6 Å². The highest BCUT2D eigenvalue weighted by Gasteiger charge is 2.40. The van der Waals surface area contributed by atoms with E-state index in [-0.39, 0.29) is 5.82 Å². The Morgan fingerprint density at radius 2 is 1.85 bits per heavy atom. The first-order valence-corrected chi connectivity index (χ1v) is 7.18. The van der Waals surface area contributed by atoms with E-state index in [1.165, 1.54) is 17.8 Å². The van der Waals surface area contributed by atoms with Crippen LogP contribution in [0.1, 0.15) is 13.3 Å². The van der Waals surface area contributed by atoms with E-state index in [2.05, 4.69) is 20.6 Å². The Kier molecular flexibility index (Phi) is 6.31. The van der Waals surface area contributed by atoms with Crippen LogP contribution in [0.15, 0.2) is 11.2 Å². The number of nitrogens with one attached hydrogen (secondary N) is 2. The van der Waals surface area contributed by atoms with Gasteiger partial charge in [0.05, 0.1) is 6.54 Å². The average Bonchev–Trinajstić information content (AvgIpc) is 2.42. The fourth-order valence-electron chi connectivity index (χ4n) is 1.24. The highest BCUT2D eigenvalue weighted by Crippen LogP contribution is 2.24. The van der Waals surface area contributed by atoms with E-state index in [4.69, 9.17) is 0 Å². The van der Waals surface area contributed by atoms with Crippen molar-refractivity contribution in [1.82, 2.24) is 9.97 Å². The zero-order chi connectivity index (χ0) is 15.2. The Hall–Kier alpha value is -1.25. The van der Waals surface area contributed by atoms with Crippen molar-refractivity contribution in [2.24, 2.45) is 0 Å². The summed E-state index contributed by atoms with van der Waals surface area (Å²) < 4.78 is 49.8. The van der Waals surface area contributed by atoms with Gasteiger partial charge in [-0.25, -0.2) is 18.7 Å². The minimum absolute atomic E-state index is 0.0864. The summed E-state index contributed by atoms with van der Waals surface area (Å²) in [6.07, 6.45) is -1.11. The maximum Gasteiger partial charge on any atom is 0.324 e. The molecule has 0 aromatic carbocycles. The number of anilines is 2. The van der Waals surface area contributed by atoms with Crippen LogP contribution < -0.4 is 10.6 Å². The number of nitrogens with zero attached hydrogens (tertiary/aromatic N) is 2. The minimum Gasteiger partial charge on any atom is -0.370 e. The number of aromatic nitrogens is 2. The summed E-state index contributed by atoms with van der Waals surface area (Å²) in [5, 5.41) is 5.58. The lowest BCUT2D eigenvalue weighted by atomic mass is 10.3. The fraction of sp³-hybridized carbons (Fsp3) is 0.636. The zero-order valence-electron chi connectivity index (χ0n) is 11.1. The first kappa shape index (κ1) is 16.8. The summed E-state index contributed by atoms with van der Waals surface area (Å²) in [5.41, 5.74) is 0. The van der Waals surface area contributed by atoms with Gasteiger partial charge in [0.15, 0.2) is 5.16 Å². The van der Waals surface area contributed by atoms with E-state index < -0.39 is 18.9 Å². The Bertz CT molecular complexity index is 431. The number of hydrogen-bond acceptors (Lipinski definition) is 5. The van der Waals surface area contributed by atoms with Crippen LogP contribution in [0.2, 0.25) is 0 Å². The quantitative estimate of drug-likeness (QED) is 0.438. The molecular weight excluding hydrogens is 296 g/mol. The van der Waals surface area contributed by atoms with Gasteiger partial charge < -0.3 is 10.6 Å². The van der Waals surface area contributed by atoms with Gasteiger partial charge >= 0.3 is 12.3 Å². The summed E-state index contributed by atoms with van der Waals surface area (Å²) >= 11 is 1.23. The second-order valence-corrected chi connectivity index (χ2v) is 4.74. The average molecular weight is 312 g/mol. The molecule has 20 heavy (non-hydrogen) atoms. The van der Waals surface area contributed by atoms with Gasteiger partial charge in [0.1, 0.15) is 11.6 Å². The Morgan fingerprint density at radius 3 is 2.35 bits per heavy atom. The summed E-state index contributed by atoms with van der Waals surface area (Å²) in [5.74, 6) is -3.54. The van der Waals surface area contributed by atoms with Crippen LogP contribution in [0.3, 0.4) is 0 Å². The maximum atomic E-state index is 12.8. The molecule has 1 aromatic rings. The Morgan fingerprint density at radius 1 is 1.25 bits per heavy atom. The van der Waals surface area contributed by atoms with Crippen LogP contribution in [-0.2, 0) is 0 Å². The molecular formula is C11H16F4N4S. The molecule has 1 heterocycles. The maximum absolute atomic E-state index is 12.8. The third-order valence-corrected chi connectivity index (χ3v) is 2.82. The lowest BCUT2D eigenvalue weighted by molar-refractivity contribution is -0.117. The first-order chi connectivity index (χ1) is 9.39. The number of rotatable bonds is 8. The summed E-state index contributed by atoms with van der Waals surface area (Å²) in [6, 6.07) is 1.41. The van der Waals surface area contributed by atoms with E-state index >= 15 is 0 Å². The lowest BCUT2D eigenvalue weighted by Crippen LogP contribution is -2.35. The van der Waals surface area contributed by atoms with Gasteiger partial charge in [-0.1, -0.05) is 18.7 Å². The molecule has 0 saturated carbocycles. The minimum atomic E-state index is -4.10. The molecule has 1 aromatic heterocycles. The van der Waals surface area contributed by atoms with Gasteiger partial charge in [0.2, 0.25) is 0 Å². The molecule has 0 aliphatic rings. The normalized spacial score (nSPS) is 11.8. The molecule has 0 aliphatic carbocycles. The molecule has 0 spiro atoms. The standard InChI is InChI=1S/C11H16F4N4S/c1-3-4-16-7-5-8(19-10(18-7)20-2)17-6-11(14,15)9(12)13/h5,9H,3-4,6H2,1-2H3,(H2,16,17,18,19). The van der Waals surface area contributed by atoms with E-state index in [1.54, 1.807) is 6.26 Å². The van der Waals surface area contributed by atoms with Gasteiger partial charge in [0.25, 0.3) is 0 Å². The van der Waals surface area contributed by atoms with Crippen molar-refractivity contribution in [3.8, 4) is 0 Å². The van der Waals surface area contributed by atoms with Crippen LogP contribution in [0.4, 0.5) is 29.2 Å². The van der Waals surface area contributed by atoms with Gasteiger partial charge in [-0.3, -0.25) is 0 Å². The molecule has 9 heteroatoms. The number of halogens is 4. The number of alkyl halides is 4. The van der Waals surface area contributed by atoms with Crippen molar-refractivity contribution in [1.29, 1.82) is 0 Å². The molecule has 0 amide bonds. The molecule has 1 rings (SSSR count). The van der Waals surface area contributed by atoms with E-state index in [0.717, 1.165) is 6.42 Å². The predicted octanol–water partition coefficient (Wildman–Crippen LogP) is 3.33. The van der Waals surface area contributed by atoms with Gasteiger partial charge in [-0.15, -0.1) is 0 Å². The molecule has 0 atom stereocenters. The monoisotopic (exact) mass is 312 g/mol. The third kappa shape index (κ3) is 5.03. The largest absolute Gasteiger partial charge is 0.370 e. The lowest BCUT2D eigenvalue weighted by Gasteiger charge is -2.16. The van der Waals surface area contributed by atoms with Crippen molar-refractivity contribution in [2.75, 3.05) is 30.0 Å². The molecule has 0 unspecified atom stereocenters. The van der Waals surface area contributed by atoms with Crippen LogP contribution in [-0.4, -0.2) is 41.7 Å². The second-order valence-electron chi connectivity index (χ2n) is 3.97. The van der Waals surface area contributed by atoms with Crippen molar-refractivity contribution in [3.05, 3.63) is 6.07 Å². The number of hydrogen-bond donors (Lipinski definition) is 2. The summed E-state index contributed by atoms with van der Waals surface area (Å²) in [4.78, 5) is 8.08. The zero-order valence-corrected chi connectivity index (χ0v) is 11.9. The SMILES string of the molecule is CCCNc1cc(NCC(F)(F)C(F)F)nc(SC)n1. The molecule has 0 fully saturated rings. The van der Waals surface area contributed by atoms with Gasteiger partial charge in [-0.2, -0.15) is 8.78 Å². The van der Waals surface area contributed by atoms with Crippen LogP contribution in [0.5, 0.6) is 0 Å². The second kappa shape index (κ2) is 7.51. The van der Waals surface area contributed by atoms with Gasteiger partial charge in [-0.05, 0) is 12.7 Å². The van der Waals surface area contributed by atoms with Crippen molar-refractivity contribution in [2.45, 2.75) is 30.8 Å². The van der Waals surface area contributed by atoms with E-state index in [0.29, 0.717) is 17.5 Å². The smallest absolute Gasteiger partial charge is 0.324 e. The topological polar surface area (TPSA) is 49.8 Å². The van der Waals surface area contributed by atoms with Crippen LogP contribution >= 0.6 is 11.8 Å². The molecule has 0 bridgehead atoms. The molecule has 4 nitrogen and oxygen atoms in total. The summed E-state index contributed by atoms with van der Waals surface area (Å²) in [6.45, 7) is 1.45. The molecule has 0 radical (unpaired) electrons. The molecule has 2 N–H and O–H groups in total. The van der Waals surface area contributed by atoms with Crippen molar-refractivity contribution >= 4 is 23.4 Å². The fourth-order valence-corrected chi connectivity index (χ4v) is 1.62. The van der Waals surface area contributed by atoms with Crippen molar-refractivity contribution < 1.29 is 17.6 Å². The van der Waals surface area contributed by atoms with Crippen LogP contribution in [0.25, 0.3) is 0 Å². The Balaban J connectivity index is 2.78. The number of thioether (sulfide) groups is 1. The third-order valence-electron chi connectivity index (χ3n) is 2.27. The highest BCUT2D eigenvalue weighted by molar-refractivity contribution is 7.98. The predicted molar refractivity (Wildman–Crippen MR) is 72.0 cm³/mol. The Labute approximate surface area is 118 Å². The molecule has 114 valence electrons. The molecule has 0 saturated heterocycles. The highest BCUT2D eigenvalue weighted by atomic mass is 32.2. The summed E-state index contributed by atoms with van der Waals surface area (Å²) in [7, 11) is 0. The van der Waals surface area contributed by atoms with E-state index in [1.807, 2.05) is 6.92 Å². The van der Waals surface area contributed by atoms with Crippen LogP contribution in [0, 0.1) is 0 Å².